The molecular formula is C18H19N3O3. The molecule has 24 heavy (non-hydrogen) atoms. The molecule has 0 spiro atoms. The van der Waals surface area contributed by atoms with Crippen molar-refractivity contribution in [2.75, 3.05) is 12.4 Å². The van der Waals surface area contributed by atoms with Crippen LogP contribution < -0.4 is 10.1 Å². The van der Waals surface area contributed by atoms with Crippen LogP contribution in [0.2, 0.25) is 0 Å². The molecule has 0 fully saturated rings. The average Bonchev–Trinajstić information content (AvgIpc) is 3.09. The van der Waals surface area contributed by atoms with Gasteiger partial charge in [0.15, 0.2) is 0 Å². The Balaban J connectivity index is 1.71. The van der Waals surface area contributed by atoms with Gasteiger partial charge in [-0.05, 0) is 36.2 Å². The van der Waals surface area contributed by atoms with E-state index < -0.39 is 0 Å². The summed E-state index contributed by atoms with van der Waals surface area (Å²) in [6.45, 7) is 2.40. The van der Waals surface area contributed by atoms with E-state index in [0.29, 0.717) is 18.3 Å². The zero-order chi connectivity index (χ0) is 16.9. The summed E-state index contributed by atoms with van der Waals surface area (Å²) in [5.74, 6) is 1.80. The van der Waals surface area contributed by atoms with E-state index in [1.54, 1.807) is 7.11 Å². The van der Waals surface area contributed by atoms with Crippen molar-refractivity contribution in [3.63, 3.8) is 0 Å². The predicted molar refractivity (Wildman–Crippen MR) is 90.7 cm³/mol. The zero-order valence-electron chi connectivity index (χ0n) is 13.6. The van der Waals surface area contributed by atoms with Gasteiger partial charge in [-0.3, -0.25) is 0 Å². The van der Waals surface area contributed by atoms with Gasteiger partial charge in [-0.25, -0.2) is 0 Å². The van der Waals surface area contributed by atoms with Crippen LogP contribution >= 0.6 is 0 Å². The third-order valence-electron chi connectivity index (χ3n) is 3.69. The lowest BCUT2D eigenvalue weighted by molar-refractivity contribution is 0.282. The van der Waals surface area contributed by atoms with Gasteiger partial charge in [0.25, 0.3) is 0 Å². The Kier molecular flexibility index (Phi) is 4.77. The van der Waals surface area contributed by atoms with Gasteiger partial charge in [0, 0.05) is 11.3 Å². The van der Waals surface area contributed by atoms with E-state index in [9.17, 15) is 0 Å². The van der Waals surface area contributed by atoms with Gasteiger partial charge < -0.3 is 19.7 Å². The standard InChI is InChI=1S/C18H19N3O3/c1-12-6-7-14(9-16(12)23-2)18-20-17(24-21-18)10-19-15-5-3-4-13(8-15)11-22/h3-9,19,22H,10-11H2,1-2H3. The minimum Gasteiger partial charge on any atom is -0.496 e. The molecule has 2 N–H and O–H groups in total. The minimum absolute atomic E-state index is 0.00941. The molecule has 0 bridgehead atoms. The molecule has 6 nitrogen and oxygen atoms in total. The number of hydrogen-bond donors (Lipinski definition) is 2. The van der Waals surface area contributed by atoms with Gasteiger partial charge in [-0.2, -0.15) is 4.98 Å². The lowest BCUT2D eigenvalue weighted by atomic mass is 10.1. The van der Waals surface area contributed by atoms with Gasteiger partial charge in [0.1, 0.15) is 5.75 Å². The van der Waals surface area contributed by atoms with Gasteiger partial charge in [-0.1, -0.05) is 29.4 Å². The molecule has 0 aliphatic rings. The Labute approximate surface area is 140 Å². The van der Waals surface area contributed by atoms with Crippen molar-refractivity contribution in [3.8, 4) is 17.1 Å². The Morgan fingerprint density at radius 3 is 2.88 bits per heavy atom. The van der Waals surface area contributed by atoms with Crippen LogP contribution in [0.4, 0.5) is 5.69 Å². The second-order valence-electron chi connectivity index (χ2n) is 5.41. The Hall–Kier alpha value is -2.86. The second kappa shape index (κ2) is 7.14. The van der Waals surface area contributed by atoms with E-state index in [4.69, 9.17) is 14.4 Å². The molecule has 3 aromatic rings. The molecule has 124 valence electrons. The fourth-order valence-corrected chi connectivity index (χ4v) is 2.36. The number of aliphatic hydroxyl groups is 1. The monoisotopic (exact) mass is 325 g/mol. The number of nitrogens with zero attached hydrogens (tertiary/aromatic N) is 2. The number of aryl methyl sites for hydroxylation is 1. The van der Waals surface area contributed by atoms with E-state index in [1.807, 2.05) is 49.4 Å². The number of hydrogen-bond acceptors (Lipinski definition) is 6. The van der Waals surface area contributed by atoms with Crippen LogP contribution in [0.25, 0.3) is 11.4 Å². The van der Waals surface area contributed by atoms with Crippen molar-refractivity contribution in [2.45, 2.75) is 20.1 Å². The first kappa shape index (κ1) is 16.0. The molecule has 0 saturated carbocycles. The smallest absolute Gasteiger partial charge is 0.246 e. The molecular weight excluding hydrogens is 306 g/mol. The first-order valence-corrected chi connectivity index (χ1v) is 7.61. The number of benzene rings is 2. The van der Waals surface area contributed by atoms with Crippen molar-refractivity contribution in [1.82, 2.24) is 10.1 Å². The molecule has 1 aromatic heterocycles. The molecule has 0 aliphatic heterocycles. The fraction of sp³-hybridized carbons (Fsp3) is 0.222. The van der Waals surface area contributed by atoms with Crippen LogP contribution in [0, 0.1) is 6.92 Å². The Bertz CT molecular complexity index is 830. The van der Waals surface area contributed by atoms with E-state index in [-0.39, 0.29) is 6.61 Å². The zero-order valence-corrected chi connectivity index (χ0v) is 13.6. The summed E-state index contributed by atoms with van der Waals surface area (Å²) in [5, 5.41) is 16.4. The molecule has 0 saturated heterocycles. The maximum Gasteiger partial charge on any atom is 0.246 e. The molecule has 0 aliphatic carbocycles. The summed E-state index contributed by atoms with van der Waals surface area (Å²) >= 11 is 0. The Morgan fingerprint density at radius 1 is 1.21 bits per heavy atom. The van der Waals surface area contributed by atoms with E-state index in [1.165, 1.54) is 0 Å². The number of nitrogens with one attached hydrogen (secondary N) is 1. The SMILES string of the molecule is COc1cc(-c2noc(CNc3cccc(CO)c3)n2)ccc1C. The first-order valence-electron chi connectivity index (χ1n) is 7.61. The van der Waals surface area contributed by atoms with Crippen LogP contribution in [-0.4, -0.2) is 22.4 Å². The predicted octanol–water partition coefficient (Wildman–Crippen LogP) is 3.16. The summed E-state index contributed by atoms with van der Waals surface area (Å²) < 4.78 is 10.6. The highest BCUT2D eigenvalue weighted by molar-refractivity contribution is 5.58. The molecule has 2 aromatic carbocycles. The maximum absolute atomic E-state index is 9.16. The highest BCUT2D eigenvalue weighted by Gasteiger charge is 2.10. The number of ether oxygens (including phenoxy) is 1. The van der Waals surface area contributed by atoms with Crippen molar-refractivity contribution in [3.05, 3.63) is 59.5 Å². The van der Waals surface area contributed by atoms with E-state index in [0.717, 1.165) is 28.1 Å². The third-order valence-corrected chi connectivity index (χ3v) is 3.69. The van der Waals surface area contributed by atoms with Crippen LogP contribution in [0.1, 0.15) is 17.0 Å². The number of aliphatic hydroxyl groups excluding tert-OH is 1. The van der Waals surface area contributed by atoms with Crippen LogP contribution in [-0.2, 0) is 13.2 Å². The summed E-state index contributed by atoms with van der Waals surface area (Å²) in [6, 6.07) is 13.3. The summed E-state index contributed by atoms with van der Waals surface area (Å²) in [6.07, 6.45) is 0. The number of aromatic nitrogens is 2. The minimum atomic E-state index is 0.00941. The highest BCUT2D eigenvalue weighted by Crippen LogP contribution is 2.25. The topological polar surface area (TPSA) is 80.4 Å². The third kappa shape index (κ3) is 3.55. The number of anilines is 1. The quantitative estimate of drug-likeness (QED) is 0.724. The molecule has 6 heteroatoms. The first-order chi connectivity index (χ1) is 11.7. The average molecular weight is 325 g/mol. The van der Waals surface area contributed by atoms with Gasteiger partial charge in [-0.15, -0.1) is 0 Å². The van der Waals surface area contributed by atoms with Gasteiger partial charge in [0.2, 0.25) is 11.7 Å². The van der Waals surface area contributed by atoms with Gasteiger partial charge >= 0.3 is 0 Å². The molecule has 0 unspecified atom stereocenters. The molecule has 3 rings (SSSR count). The maximum atomic E-state index is 9.16. The Morgan fingerprint density at radius 2 is 2.08 bits per heavy atom. The van der Waals surface area contributed by atoms with Gasteiger partial charge in [0.05, 0.1) is 20.3 Å². The fourth-order valence-electron chi connectivity index (χ4n) is 2.36. The normalized spacial score (nSPS) is 10.6. The van der Waals surface area contributed by atoms with Crippen molar-refractivity contribution < 1.29 is 14.4 Å². The summed E-state index contributed by atoms with van der Waals surface area (Å²) in [4.78, 5) is 4.40. The summed E-state index contributed by atoms with van der Waals surface area (Å²) in [7, 11) is 1.64. The summed E-state index contributed by atoms with van der Waals surface area (Å²) in [5.41, 5.74) is 3.63. The van der Waals surface area contributed by atoms with Crippen molar-refractivity contribution in [1.29, 1.82) is 0 Å². The van der Waals surface area contributed by atoms with E-state index >= 15 is 0 Å². The largest absolute Gasteiger partial charge is 0.496 e. The molecule has 1 heterocycles. The van der Waals surface area contributed by atoms with Crippen LogP contribution in [0.15, 0.2) is 47.0 Å². The second-order valence-corrected chi connectivity index (χ2v) is 5.41. The van der Waals surface area contributed by atoms with Crippen LogP contribution in [0.5, 0.6) is 5.75 Å². The lowest BCUT2D eigenvalue weighted by Gasteiger charge is -2.05. The van der Waals surface area contributed by atoms with Crippen molar-refractivity contribution >= 4 is 5.69 Å². The highest BCUT2D eigenvalue weighted by atomic mass is 16.5. The van der Waals surface area contributed by atoms with E-state index in [2.05, 4.69) is 15.5 Å². The molecule has 0 atom stereocenters. The molecule has 0 radical (unpaired) electrons. The molecule has 0 amide bonds. The van der Waals surface area contributed by atoms with Crippen LogP contribution in [0.3, 0.4) is 0 Å². The number of methoxy groups -OCH3 is 1. The van der Waals surface area contributed by atoms with Crippen molar-refractivity contribution in [2.24, 2.45) is 0 Å². The number of rotatable bonds is 6. The lowest BCUT2D eigenvalue weighted by Crippen LogP contribution is -2.00.